The fourth-order valence-corrected chi connectivity index (χ4v) is 1.86. The van der Waals surface area contributed by atoms with Gasteiger partial charge in [-0.15, -0.1) is 0 Å². The first-order valence-corrected chi connectivity index (χ1v) is 6.56. The number of β-amino-alcohol motifs (C(OH)–C–C–N with tert-alkyl or cyclic N) is 1. The van der Waals surface area contributed by atoms with Crippen molar-refractivity contribution < 1.29 is 14.3 Å². The van der Waals surface area contributed by atoms with Gasteiger partial charge in [-0.05, 0) is 32.4 Å². The van der Waals surface area contributed by atoms with Crippen LogP contribution in [0.1, 0.15) is 39.4 Å². The number of nitrogens with one attached hydrogen (secondary N) is 1. The van der Waals surface area contributed by atoms with Crippen LogP contribution in [0.5, 0.6) is 0 Å². The van der Waals surface area contributed by atoms with Crippen LogP contribution in [0.3, 0.4) is 0 Å². The maximum atomic E-state index is 9.79. The Morgan fingerprint density at radius 2 is 2.28 bits per heavy atom. The molecule has 0 aliphatic carbocycles. The largest absolute Gasteiger partial charge is 0.467 e. The van der Waals surface area contributed by atoms with Gasteiger partial charge in [0.25, 0.3) is 0 Å². The molecular formula is C14H25NO3. The van der Waals surface area contributed by atoms with Crippen LogP contribution in [0.15, 0.2) is 22.8 Å². The van der Waals surface area contributed by atoms with Gasteiger partial charge in [-0.3, -0.25) is 0 Å². The summed E-state index contributed by atoms with van der Waals surface area (Å²) in [4.78, 5) is 0. The molecule has 1 atom stereocenters. The second-order valence-electron chi connectivity index (χ2n) is 5.26. The molecule has 0 fully saturated rings. The number of rotatable bonds is 9. The topological polar surface area (TPSA) is 54.6 Å². The summed E-state index contributed by atoms with van der Waals surface area (Å²) in [5.74, 6) is 0.779. The molecule has 4 heteroatoms. The average Bonchev–Trinajstić information content (AvgIpc) is 2.79. The third-order valence-electron chi connectivity index (χ3n) is 2.83. The van der Waals surface area contributed by atoms with Crippen LogP contribution in [-0.2, 0) is 11.3 Å². The predicted molar refractivity (Wildman–Crippen MR) is 71.4 cm³/mol. The van der Waals surface area contributed by atoms with E-state index in [0.717, 1.165) is 18.6 Å². The highest BCUT2D eigenvalue weighted by Crippen LogP contribution is 2.10. The van der Waals surface area contributed by atoms with E-state index in [0.29, 0.717) is 19.8 Å². The molecule has 2 N–H and O–H groups in total. The average molecular weight is 255 g/mol. The van der Waals surface area contributed by atoms with E-state index < -0.39 is 6.10 Å². The minimum absolute atomic E-state index is 0.0662. The molecule has 1 aromatic heterocycles. The standard InChI is InChI=1S/C14H25NO3/c1-4-7-14(2,3)15-9-12(16)10-17-11-13-6-5-8-18-13/h5-6,8,12,15-16H,4,7,9-11H2,1-3H3. The molecule has 0 bridgehead atoms. The summed E-state index contributed by atoms with van der Waals surface area (Å²) >= 11 is 0. The van der Waals surface area contributed by atoms with Crippen LogP contribution in [0.4, 0.5) is 0 Å². The molecule has 0 aromatic carbocycles. The quantitative estimate of drug-likeness (QED) is 0.711. The molecule has 0 saturated carbocycles. The van der Waals surface area contributed by atoms with Gasteiger partial charge in [-0.25, -0.2) is 0 Å². The van der Waals surface area contributed by atoms with Gasteiger partial charge < -0.3 is 19.6 Å². The van der Waals surface area contributed by atoms with E-state index in [2.05, 4.69) is 26.1 Å². The summed E-state index contributed by atoms with van der Waals surface area (Å²) in [5, 5.41) is 13.1. The van der Waals surface area contributed by atoms with E-state index in [9.17, 15) is 5.11 Å². The zero-order chi connectivity index (χ0) is 13.4. The van der Waals surface area contributed by atoms with Gasteiger partial charge >= 0.3 is 0 Å². The van der Waals surface area contributed by atoms with Gasteiger partial charge in [0.1, 0.15) is 12.4 Å². The highest BCUT2D eigenvalue weighted by atomic mass is 16.5. The zero-order valence-corrected chi connectivity index (χ0v) is 11.6. The van der Waals surface area contributed by atoms with E-state index in [1.165, 1.54) is 0 Å². The number of ether oxygens (including phenoxy) is 1. The molecule has 0 aliphatic rings. The van der Waals surface area contributed by atoms with Crippen LogP contribution in [-0.4, -0.2) is 29.9 Å². The summed E-state index contributed by atoms with van der Waals surface area (Å²) in [5.41, 5.74) is 0.0662. The SMILES string of the molecule is CCCC(C)(C)NCC(O)COCc1ccco1. The molecule has 0 amide bonds. The van der Waals surface area contributed by atoms with Crippen molar-refractivity contribution in [2.24, 2.45) is 0 Å². The maximum absolute atomic E-state index is 9.79. The fourth-order valence-electron chi connectivity index (χ4n) is 1.86. The van der Waals surface area contributed by atoms with Crippen LogP contribution in [0, 0.1) is 0 Å². The lowest BCUT2D eigenvalue weighted by Crippen LogP contribution is -2.44. The van der Waals surface area contributed by atoms with E-state index in [4.69, 9.17) is 9.15 Å². The summed E-state index contributed by atoms with van der Waals surface area (Å²) < 4.78 is 10.5. The van der Waals surface area contributed by atoms with Gasteiger partial charge in [-0.1, -0.05) is 13.3 Å². The van der Waals surface area contributed by atoms with Crippen molar-refractivity contribution in [3.8, 4) is 0 Å². The Balaban J connectivity index is 2.12. The molecular weight excluding hydrogens is 230 g/mol. The molecule has 0 spiro atoms. The Morgan fingerprint density at radius 1 is 1.50 bits per heavy atom. The number of aliphatic hydroxyl groups is 1. The highest BCUT2D eigenvalue weighted by molar-refractivity contribution is 4.96. The molecule has 104 valence electrons. The van der Waals surface area contributed by atoms with Gasteiger partial charge in [-0.2, -0.15) is 0 Å². The molecule has 0 saturated heterocycles. The number of hydrogen-bond acceptors (Lipinski definition) is 4. The van der Waals surface area contributed by atoms with Gasteiger partial charge in [0.2, 0.25) is 0 Å². The minimum Gasteiger partial charge on any atom is -0.467 e. The maximum Gasteiger partial charge on any atom is 0.129 e. The molecule has 1 heterocycles. The highest BCUT2D eigenvalue weighted by Gasteiger charge is 2.17. The molecule has 1 unspecified atom stereocenters. The summed E-state index contributed by atoms with van der Waals surface area (Å²) in [7, 11) is 0. The molecule has 1 aromatic rings. The molecule has 0 aliphatic heterocycles. The lowest BCUT2D eigenvalue weighted by atomic mass is 9.99. The number of hydrogen-bond donors (Lipinski definition) is 2. The Labute approximate surface area is 109 Å². The minimum atomic E-state index is -0.490. The van der Waals surface area contributed by atoms with E-state index >= 15 is 0 Å². The molecule has 4 nitrogen and oxygen atoms in total. The smallest absolute Gasteiger partial charge is 0.129 e. The molecule has 0 radical (unpaired) electrons. The van der Waals surface area contributed by atoms with E-state index in [-0.39, 0.29) is 5.54 Å². The van der Waals surface area contributed by atoms with Gasteiger partial charge in [0, 0.05) is 12.1 Å². The van der Waals surface area contributed by atoms with Crippen LogP contribution in [0.25, 0.3) is 0 Å². The summed E-state index contributed by atoms with van der Waals surface area (Å²) in [6.07, 6.45) is 3.35. The van der Waals surface area contributed by atoms with Crippen molar-refractivity contribution in [1.29, 1.82) is 0 Å². The number of furan rings is 1. The van der Waals surface area contributed by atoms with E-state index in [1.807, 2.05) is 12.1 Å². The van der Waals surface area contributed by atoms with E-state index in [1.54, 1.807) is 6.26 Å². The third-order valence-corrected chi connectivity index (χ3v) is 2.83. The Bertz CT molecular complexity index is 309. The lowest BCUT2D eigenvalue weighted by Gasteiger charge is -2.27. The second kappa shape index (κ2) is 7.56. The van der Waals surface area contributed by atoms with Crippen LogP contribution in [0.2, 0.25) is 0 Å². The summed E-state index contributed by atoms with van der Waals surface area (Å²) in [6, 6.07) is 3.68. The Kier molecular flexibility index (Phi) is 6.39. The molecule has 18 heavy (non-hydrogen) atoms. The Morgan fingerprint density at radius 3 is 2.89 bits per heavy atom. The second-order valence-corrected chi connectivity index (χ2v) is 5.26. The Hall–Kier alpha value is -0.840. The van der Waals surface area contributed by atoms with Crippen molar-refractivity contribution >= 4 is 0 Å². The first-order valence-electron chi connectivity index (χ1n) is 6.56. The number of aliphatic hydroxyl groups excluding tert-OH is 1. The normalized spacial score (nSPS) is 13.8. The lowest BCUT2D eigenvalue weighted by molar-refractivity contribution is 0.0195. The van der Waals surface area contributed by atoms with Crippen molar-refractivity contribution in [2.45, 2.75) is 51.9 Å². The first kappa shape index (κ1) is 15.2. The zero-order valence-electron chi connectivity index (χ0n) is 11.6. The van der Waals surface area contributed by atoms with Crippen LogP contribution >= 0.6 is 0 Å². The fraction of sp³-hybridized carbons (Fsp3) is 0.714. The third kappa shape index (κ3) is 6.19. The van der Waals surface area contributed by atoms with Gasteiger partial charge in [0.05, 0.1) is 19.0 Å². The first-order chi connectivity index (χ1) is 8.53. The van der Waals surface area contributed by atoms with Crippen molar-refractivity contribution in [2.75, 3.05) is 13.2 Å². The van der Waals surface area contributed by atoms with Crippen molar-refractivity contribution in [1.82, 2.24) is 5.32 Å². The molecule has 1 rings (SSSR count). The summed E-state index contributed by atoms with van der Waals surface area (Å²) in [6.45, 7) is 7.72. The van der Waals surface area contributed by atoms with Crippen molar-refractivity contribution in [3.63, 3.8) is 0 Å². The van der Waals surface area contributed by atoms with Gasteiger partial charge in [0.15, 0.2) is 0 Å². The van der Waals surface area contributed by atoms with Crippen molar-refractivity contribution in [3.05, 3.63) is 24.2 Å². The predicted octanol–water partition coefficient (Wildman–Crippen LogP) is 2.33. The van der Waals surface area contributed by atoms with Crippen LogP contribution < -0.4 is 5.32 Å². The monoisotopic (exact) mass is 255 g/mol.